The van der Waals surface area contributed by atoms with Gasteiger partial charge in [0, 0.05) is 42.0 Å². The van der Waals surface area contributed by atoms with Crippen molar-refractivity contribution < 1.29 is 18.0 Å². The van der Waals surface area contributed by atoms with Gasteiger partial charge in [0.1, 0.15) is 6.04 Å². The smallest absolute Gasteiger partial charge is 0.243 e. The molecule has 3 aromatic carbocycles. The van der Waals surface area contributed by atoms with Crippen molar-refractivity contribution in [3.8, 4) is 0 Å². The first-order valence-corrected chi connectivity index (χ1v) is 17.1. The second kappa shape index (κ2) is 16.1. The number of sulfonamides is 1. The lowest BCUT2D eigenvalue weighted by Crippen LogP contribution is -2.50. The quantitative estimate of drug-likeness (QED) is 0.186. The van der Waals surface area contributed by atoms with Crippen LogP contribution < -0.4 is 9.62 Å². The minimum absolute atomic E-state index is 0.0652. The number of hydrogen-bond donors (Lipinski definition) is 1. The number of halogens is 2. The number of amides is 2. The van der Waals surface area contributed by atoms with Crippen molar-refractivity contribution in [2.45, 2.75) is 58.5 Å². The lowest BCUT2D eigenvalue weighted by Gasteiger charge is -2.32. The van der Waals surface area contributed by atoms with Gasteiger partial charge in [0.05, 0.1) is 11.9 Å². The summed E-state index contributed by atoms with van der Waals surface area (Å²) in [5, 5.41) is 3.45. The average molecular weight is 677 g/mol. The minimum atomic E-state index is -3.63. The van der Waals surface area contributed by atoms with Crippen LogP contribution in [0.15, 0.2) is 77.3 Å². The molecule has 0 radical (unpaired) electrons. The van der Waals surface area contributed by atoms with Crippen molar-refractivity contribution in [1.29, 1.82) is 0 Å². The zero-order chi connectivity index (χ0) is 30.7. The van der Waals surface area contributed by atoms with E-state index in [0.29, 0.717) is 23.7 Å². The molecule has 1 atom stereocenters. The predicted molar refractivity (Wildman–Crippen MR) is 174 cm³/mol. The Labute approximate surface area is 263 Å². The van der Waals surface area contributed by atoms with Crippen molar-refractivity contribution in [2.24, 2.45) is 0 Å². The molecule has 42 heavy (non-hydrogen) atoms. The van der Waals surface area contributed by atoms with Gasteiger partial charge < -0.3 is 10.2 Å². The van der Waals surface area contributed by atoms with Crippen LogP contribution in [0.5, 0.6) is 0 Å². The number of nitrogens with one attached hydrogen (secondary N) is 1. The van der Waals surface area contributed by atoms with Crippen LogP contribution in [-0.4, -0.2) is 50.5 Å². The van der Waals surface area contributed by atoms with Gasteiger partial charge in [0.15, 0.2) is 0 Å². The first-order valence-electron chi connectivity index (χ1n) is 14.1. The summed E-state index contributed by atoms with van der Waals surface area (Å²) in [6.45, 7) is 4.75. The van der Waals surface area contributed by atoms with Crippen LogP contribution in [0, 0.1) is 6.92 Å². The third kappa shape index (κ3) is 10.1. The van der Waals surface area contributed by atoms with Gasteiger partial charge in [-0.2, -0.15) is 0 Å². The maximum atomic E-state index is 13.9. The molecule has 0 heterocycles. The zero-order valence-corrected chi connectivity index (χ0v) is 27.5. The highest BCUT2D eigenvalue weighted by atomic mass is 79.9. The molecule has 0 spiro atoms. The Morgan fingerprint density at radius 2 is 1.67 bits per heavy atom. The summed E-state index contributed by atoms with van der Waals surface area (Å²) in [5.74, 6) is -0.425. The molecule has 1 unspecified atom stereocenters. The molecule has 1 N–H and O–H groups in total. The summed E-state index contributed by atoms with van der Waals surface area (Å²) in [5.41, 5.74) is 3.08. The van der Waals surface area contributed by atoms with Crippen LogP contribution in [0.25, 0.3) is 0 Å². The SMILES string of the molecule is CCCCNC(=O)C(Cc1ccccc1)N(Cc1ccc(Br)cc1)C(=O)CCCN(c1cc(Cl)ccc1C)S(C)(=O)=O. The van der Waals surface area contributed by atoms with E-state index in [4.69, 9.17) is 11.6 Å². The number of aryl methyl sites for hydroxylation is 1. The largest absolute Gasteiger partial charge is 0.354 e. The lowest BCUT2D eigenvalue weighted by atomic mass is 10.0. The summed E-state index contributed by atoms with van der Waals surface area (Å²) in [6.07, 6.45) is 3.62. The highest BCUT2D eigenvalue weighted by molar-refractivity contribution is 9.10. The Hall–Kier alpha value is -2.88. The molecule has 0 saturated heterocycles. The van der Waals surface area contributed by atoms with Crippen LogP contribution in [-0.2, 0) is 32.6 Å². The topological polar surface area (TPSA) is 86.8 Å². The Morgan fingerprint density at radius 3 is 2.31 bits per heavy atom. The summed E-state index contributed by atoms with van der Waals surface area (Å²) in [6, 6.07) is 21.7. The van der Waals surface area contributed by atoms with Crippen LogP contribution in [0.4, 0.5) is 5.69 Å². The van der Waals surface area contributed by atoms with Crippen LogP contribution in [0.3, 0.4) is 0 Å². The molecular formula is C32H39BrClN3O4S. The van der Waals surface area contributed by atoms with Gasteiger partial charge >= 0.3 is 0 Å². The molecule has 0 aromatic heterocycles. The predicted octanol–water partition coefficient (Wildman–Crippen LogP) is 6.51. The number of carbonyl (C=O) groups excluding carboxylic acids is 2. The normalized spacial score (nSPS) is 12.0. The van der Waals surface area contributed by atoms with E-state index < -0.39 is 16.1 Å². The lowest BCUT2D eigenvalue weighted by molar-refractivity contribution is -0.141. The average Bonchev–Trinajstić information content (AvgIpc) is 2.95. The number of benzene rings is 3. The van der Waals surface area contributed by atoms with Crippen molar-refractivity contribution in [3.63, 3.8) is 0 Å². The van der Waals surface area contributed by atoms with Crippen molar-refractivity contribution in [1.82, 2.24) is 10.2 Å². The zero-order valence-electron chi connectivity index (χ0n) is 24.4. The van der Waals surface area contributed by atoms with E-state index in [0.717, 1.165) is 40.3 Å². The molecule has 0 bridgehead atoms. The van der Waals surface area contributed by atoms with Gasteiger partial charge in [-0.05, 0) is 60.7 Å². The number of nitrogens with zero attached hydrogens (tertiary/aromatic N) is 2. The Bertz CT molecular complexity index is 1440. The van der Waals surface area contributed by atoms with Gasteiger partial charge in [-0.25, -0.2) is 8.42 Å². The Kier molecular flexibility index (Phi) is 12.9. The maximum absolute atomic E-state index is 13.9. The fraction of sp³-hybridized carbons (Fsp3) is 0.375. The third-order valence-electron chi connectivity index (χ3n) is 6.96. The van der Waals surface area contributed by atoms with Crippen LogP contribution in [0.2, 0.25) is 5.02 Å². The van der Waals surface area contributed by atoms with Crippen LogP contribution >= 0.6 is 27.5 Å². The van der Waals surface area contributed by atoms with E-state index in [9.17, 15) is 18.0 Å². The van der Waals surface area contributed by atoms with Crippen LogP contribution in [0.1, 0.15) is 49.3 Å². The third-order valence-corrected chi connectivity index (χ3v) is 8.90. The standard InChI is InChI=1S/C32H39BrClN3O4S/c1-4-5-19-35-32(39)30(21-25-10-7-6-8-11-25)36(23-26-14-16-27(33)17-15-26)31(38)12-9-20-37(42(3,40)41)29-22-28(34)18-13-24(29)2/h6-8,10-11,13-18,22,30H,4-5,9,12,19-21,23H2,1-3H3,(H,35,39). The van der Waals surface area contributed by atoms with Gasteiger partial charge in [-0.15, -0.1) is 0 Å². The molecule has 0 aliphatic rings. The molecule has 3 aromatic rings. The summed E-state index contributed by atoms with van der Waals surface area (Å²) in [4.78, 5) is 29.1. The molecule has 3 rings (SSSR count). The monoisotopic (exact) mass is 675 g/mol. The van der Waals surface area contributed by atoms with E-state index >= 15 is 0 Å². The van der Waals surface area contributed by atoms with Gasteiger partial charge in [-0.3, -0.25) is 13.9 Å². The van der Waals surface area contributed by atoms with Crippen molar-refractivity contribution in [2.75, 3.05) is 23.7 Å². The summed E-state index contributed by atoms with van der Waals surface area (Å²) < 4.78 is 27.7. The first kappa shape index (κ1) is 33.6. The first-order chi connectivity index (χ1) is 20.0. The van der Waals surface area contributed by atoms with E-state index in [-0.39, 0.29) is 37.7 Å². The molecule has 10 heteroatoms. The molecule has 7 nitrogen and oxygen atoms in total. The summed E-state index contributed by atoms with van der Waals surface area (Å²) in [7, 11) is -3.63. The number of unbranched alkanes of at least 4 members (excludes halogenated alkanes) is 1. The van der Waals surface area contributed by atoms with Gasteiger partial charge in [0.2, 0.25) is 21.8 Å². The van der Waals surface area contributed by atoms with E-state index in [1.54, 1.807) is 23.1 Å². The molecule has 0 aliphatic heterocycles. The van der Waals surface area contributed by atoms with Gasteiger partial charge in [0.25, 0.3) is 0 Å². The highest BCUT2D eigenvalue weighted by Gasteiger charge is 2.30. The molecule has 2 amide bonds. The van der Waals surface area contributed by atoms with Crippen molar-refractivity contribution in [3.05, 3.63) is 99.0 Å². The maximum Gasteiger partial charge on any atom is 0.243 e. The molecular weight excluding hydrogens is 638 g/mol. The van der Waals surface area contributed by atoms with E-state index in [1.165, 1.54) is 4.31 Å². The number of anilines is 1. The highest BCUT2D eigenvalue weighted by Crippen LogP contribution is 2.27. The second-order valence-electron chi connectivity index (χ2n) is 10.4. The molecule has 0 aliphatic carbocycles. The van der Waals surface area contributed by atoms with Gasteiger partial charge in [-0.1, -0.05) is 89.4 Å². The number of rotatable bonds is 15. The summed E-state index contributed by atoms with van der Waals surface area (Å²) >= 11 is 9.64. The minimum Gasteiger partial charge on any atom is -0.354 e. The second-order valence-corrected chi connectivity index (χ2v) is 13.6. The fourth-order valence-electron chi connectivity index (χ4n) is 4.68. The fourth-order valence-corrected chi connectivity index (χ4v) is 6.13. The van der Waals surface area contributed by atoms with Crippen molar-refractivity contribution >= 4 is 55.1 Å². The Morgan fingerprint density at radius 1 is 0.976 bits per heavy atom. The number of carbonyl (C=O) groups is 2. The molecule has 0 saturated carbocycles. The molecule has 0 fully saturated rings. The molecule has 226 valence electrons. The Balaban J connectivity index is 1.88. The van der Waals surface area contributed by atoms with E-state index in [1.807, 2.05) is 61.5 Å². The van der Waals surface area contributed by atoms with E-state index in [2.05, 4.69) is 28.2 Å². The number of hydrogen-bond acceptors (Lipinski definition) is 4.